The van der Waals surface area contributed by atoms with Crippen molar-refractivity contribution in [2.24, 2.45) is 0 Å². The van der Waals surface area contributed by atoms with Gasteiger partial charge in [-0.1, -0.05) is 12.2 Å². The van der Waals surface area contributed by atoms with Crippen molar-refractivity contribution >= 4 is 23.4 Å². The molecule has 4 unspecified atom stereocenters. The molecule has 4 N–H and O–H groups in total. The van der Waals surface area contributed by atoms with Crippen molar-refractivity contribution in [2.45, 2.75) is 31.3 Å². The molecule has 2 aromatic heterocycles. The molecule has 4 atom stereocenters. The average Bonchev–Trinajstić information content (AvgIpc) is 2.74. The van der Waals surface area contributed by atoms with E-state index in [9.17, 15) is 10.2 Å². The lowest BCUT2D eigenvalue weighted by molar-refractivity contribution is -0.0229. The number of pyridine rings is 1. The third-order valence-electron chi connectivity index (χ3n) is 3.56. The van der Waals surface area contributed by atoms with Crippen LogP contribution in [0.2, 0.25) is 0 Å². The fourth-order valence-electron chi connectivity index (χ4n) is 2.44. The number of nitrogens with one attached hydrogen (secondary N) is 1. The summed E-state index contributed by atoms with van der Waals surface area (Å²) < 4.78 is 5.85. The standard InChI is InChI=1S/C13H15N3O4S/c1-5-3-14-7-2-6(13(21)16-12(7)15-5)11-10(19)9(18)8(4-17)20-11/h2-3,8-11,17-19H,4H2,1H3,(H,15,16,21). The second kappa shape index (κ2) is 5.39. The molecular formula is C13H15N3O4S. The van der Waals surface area contributed by atoms with Gasteiger partial charge < -0.3 is 25.0 Å². The Balaban J connectivity index is 2.07. The second-order valence-electron chi connectivity index (χ2n) is 5.06. The maximum absolute atomic E-state index is 10.1. The molecule has 112 valence electrons. The summed E-state index contributed by atoms with van der Waals surface area (Å²) in [6.07, 6.45) is -2.34. The number of nitrogens with zero attached hydrogens (tertiary/aromatic N) is 2. The van der Waals surface area contributed by atoms with Crippen molar-refractivity contribution in [3.63, 3.8) is 0 Å². The SMILES string of the molecule is Cc1cnc2cc(C3OC(CO)C(O)C3O)c(=S)[nH]c2n1. The first kappa shape index (κ1) is 14.5. The smallest absolute Gasteiger partial charge is 0.157 e. The van der Waals surface area contributed by atoms with Gasteiger partial charge in [-0.25, -0.2) is 4.98 Å². The Kier molecular flexibility index (Phi) is 3.72. The highest BCUT2D eigenvalue weighted by molar-refractivity contribution is 7.71. The van der Waals surface area contributed by atoms with Gasteiger partial charge in [0.25, 0.3) is 0 Å². The van der Waals surface area contributed by atoms with Crippen molar-refractivity contribution in [1.29, 1.82) is 0 Å². The average molecular weight is 309 g/mol. The van der Waals surface area contributed by atoms with Crippen LogP contribution in [-0.2, 0) is 4.74 Å². The normalized spacial score (nSPS) is 29.1. The first-order chi connectivity index (χ1) is 10.0. The fraction of sp³-hybridized carbons (Fsp3) is 0.462. The maximum Gasteiger partial charge on any atom is 0.157 e. The summed E-state index contributed by atoms with van der Waals surface area (Å²) in [4.78, 5) is 11.5. The quantitative estimate of drug-likeness (QED) is 0.584. The summed E-state index contributed by atoms with van der Waals surface area (Å²) >= 11 is 5.27. The van der Waals surface area contributed by atoms with E-state index in [0.717, 1.165) is 5.69 Å². The van der Waals surface area contributed by atoms with Gasteiger partial charge in [0.2, 0.25) is 0 Å². The van der Waals surface area contributed by atoms with Crippen LogP contribution in [-0.4, -0.2) is 55.2 Å². The van der Waals surface area contributed by atoms with E-state index < -0.39 is 24.4 Å². The molecule has 7 nitrogen and oxygen atoms in total. The number of aromatic amines is 1. The van der Waals surface area contributed by atoms with Gasteiger partial charge in [-0.05, 0) is 13.0 Å². The number of hydrogen-bond donors (Lipinski definition) is 4. The zero-order valence-corrected chi connectivity index (χ0v) is 12.0. The van der Waals surface area contributed by atoms with Gasteiger partial charge in [0.05, 0.1) is 12.3 Å². The molecule has 0 bridgehead atoms. The largest absolute Gasteiger partial charge is 0.394 e. The molecule has 0 aliphatic carbocycles. The number of rotatable bonds is 2. The molecule has 0 radical (unpaired) electrons. The number of fused-ring (bicyclic) bond motifs is 1. The number of aliphatic hydroxyl groups is 3. The lowest BCUT2D eigenvalue weighted by Gasteiger charge is -2.15. The number of hydrogen-bond acceptors (Lipinski definition) is 7. The van der Waals surface area contributed by atoms with E-state index in [0.29, 0.717) is 21.4 Å². The number of ether oxygens (including phenoxy) is 1. The van der Waals surface area contributed by atoms with Crippen LogP contribution in [0.15, 0.2) is 12.3 Å². The highest BCUT2D eigenvalue weighted by Gasteiger charge is 2.43. The number of H-pyrrole nitrogens is 1. The first-order valence-electron chi connectivity index (χ1n) is 6.50. The molecule has 0 spiro atoms. The zero-order chi connectivity index (χ0) is 15.1. The minimum Gasteiger partial charge on any atom is -0.394 e. The Hall–Kier alpha value is -1.45. The third kappa shape index (κ3) is 2.45. The highest BCUT2D eigenvalue weighted by Crippen LogP contribution is 2.34. The van der Waals surface area contributed by atoms with Crippen LogP contribution in [0.5, 0.6) is 0 Å². The van der Waals surface area contributed by atoms with Crippen LogP contribution in [0.1, 0.15) is 17.4 Å². The molecule has 1 saturated heterocycles. The molecule has 1 aliphatic heterocycles. The minimum absolute atomic E-state index is 0.359. The third-order valence-corrected chi connectivity index (χ3v) is 3.89. The Labute approximate surface area is 125 Å². The van der Waals surface area contributed by atoms with Gasteiger partial charge in [0.15, 0.2) is 5.65 Å². The van der Waals surface area contributed by atoms with Crippen LogP contribution in [0.4, 0.5) is 0 Å². The first-order valence-corrected chi connectivity index (χ1v) is 6.91. The van der Waals surface area contributed by atoms with E-state index in [1.165, 1.54) is 0 Å². The molecule has 0 saturated carbocycles. The van der Waals surface area contributed by atoms with E-state index >= 15 is 0 Å². The molecule has 0 aromatic carbocycles. The monoisotopic (exact) mass is 309 g/mol. The topological polar surface area (TPSA) is 111 Å². The van der Waals surface area contributed by atoms with Crippen LogP contribution < -0.4 is 0 Å². The molecule has 0 amide bonds. The molecule has 21 heavy (non-hydrogen) atoms. The second-order valence-corrected chi connectivity index (χ2v) is 5.47. The van der Waals surface area contributed by atoms with Crippen LogP contribution >= 0.6 is 12.2 Å². The minimum atomic E-state index is -1.16. The van der Waals surface area contributed by atoms with Gasteiger partial charge in [-0.2, -0.15) is 0 Å². The van der Waals surface area contributed by atoms with Crippen molar-refractivity contribution in [1.82, 2.24) is 15.0 Å². The molecule has 3 rings (SSSR count). The Morgan fingerprint density at radius 1 is 1.38 bits per heavy atom. The number of aryl methyl sites for hydroxylation is 1. The van der Waals surface area contributed by atoms with Gasteiger partial charge >= 0.3 is 0 Å². The van der Waals surface area contributed by atoms with Crippen molar-refractivity contribution in [3.05, 3.63) is 28.2 Å². The van der Waals surface area contributed by atoms with Crippen molar-refractivity contribution in [2.75, 3.05) is 6.61 Å². The molecule has 1 fully saturated rings. The van der Waals surface area contributed by atoms with Crippen molar-refractivity contribution in [3.8, 4) is 0 Å². The van der Waals surface area contributed by atoms with Gasteiger partial charge in [0, 0.05) is 11.8 Å². The summed E-state index contributed by atoms with van der Waals surface area (Å²) in [6, 6.07) is 1.68. The Bertz CT molecular complexity index is 735. The molecule has 1 aliphatic rings. The summed E-state index contributed by atoms with van der Waals surface area (Å²) in [5.74, 6) is 0. The van der Waals surface area contributed by atoms with E-state index in [-0.39, 0.29) is 6.61 Å². The summed E-state index contributed by atoms with van der Waals surface area (Å²) in [7, 11) is 0. The molecule has 2 aromatic rings. The predicted octanol–water partition coefficient (Wildman–Crippen LogP) is 0.150. The van der Waals surface area contributed by atoms with E-state index in [2.05, 4.69) is 15.0 Å². The summed E-state index contributed by atoms with van der Waals surface area (Å²) in [5, 5.41) is 29.0. The maximum atomic E-state index is 10.1. The zero-order valence-electron chi connectivity index (χ0n) is 11.2. The predicted molar refractivity (Wildman–Crippen MR) is 76.2 cm³/mol. The molecule has 8 heteroatoms. The Morgan fingerprint density at radius 2 is 2.14 bits per heavy atom. The van der Waals surface area contributed by atoms with Crippen LogP contribution in [0.3, 0.4) is 0 Å². The summed E-state index contributed by atoms with van der Waals surface area (Å²) in [6.45, 7) is 1.45. The van der Waals surface area contributed by atoms with E-state index in [1.54, 1.807) is 12.3 Å². The van der Waals surface area contributed by atoms with Gasteiger partial charge in [-0.15, -0.1) is 0 Å². The van der Waals surface area contributed by atoms with Gasteiger partial charge in [0.1, 0.15) is 34.6 Å². The van der Waals surface area contributed by atoms with Crippen LogP contribution in [0.25, 0.3) is 11.2 Å². The fourth-order valence-corrected chi connectivity index (χ4v) is 2.72. The lowest BCUT2D eigenvalue weighted by Crippen LogP contribution is -2.32. The van der Waals surface area contributed by atoms with E-state index in [1.807, 2.05) is 6.92 Å². The Morgan fingerprint density at radius 3 is 2.81 bits per heavy atom. The number of aromatic nitrogens is 3. The summed E-state index contributed by atoms with van der Waals surface area (Å²) in [5.41, 5.74) is 2.41. The van der Waals surface area contributed by atoms with E-state index in [4.69, 9.17) is 22.1 Å². The van der Waals surface area contributed by atoms with Gasteiger partial charge in [-0.3, -0.25) is 4.98 Å². The highest BCUT2D eigenvalue weighted by atomic mass is 32.1. The molecular weight excluding hydrogens is 294 g/mol. The lowest BCUT2D eigenvalue weighted by atomic mass is 10.0. The molecule has 3 heterocycles. The van der Waals surface area contributed by atoms with Crippen LogP contribution in [0, 0.1) is 11.6 Å². The number of aliphatic hydroxyl groups excluding tert-OH is 3. The van der Waals surface area contributed by atoms with Crippen molar-refractivity contribution < 1.29 is 20.1 Å².